The third-order valence-electron chi connectivity index (χ3n) is 1.82. The van der Waals surface area contributed by atoms with Crippen molar-refractivity contribution in [1.29, 1.82) is 0 Å². The molecule has 0 heterocycles. The molecule has 2 aromatic carbocycles. The van der Waals surface area contributed by atoms with E-state index in [1.807, 2.05) is 18.2 Å². The number of hydrogen-bond acceptors (Lipinski definition) is 1. The summed E-state index contributed by atoms with van der Waals surface area (Å²) in [6.07, 6.45) is 0. The van der Waals surface area contributed by atoms with E-state index in [2.05, 4.69) is 6.07 Å². The number of halogens is 1. The van der Waals surface area contributed by atoms with Crippen LogP contribution in [0.5, 0.6) is 0 Å². The molecule has 0 aliphatic heterocycles. The normalized spacial score (nSPS) is 10.2. The van der Waals surface area contributed by atoms with Crippen LogP contribution in [0.1, 0.15) is 0 Å². The Balaban J connectivity index is 2.84. The maximum atomic E-state index is 10.7. The van der Waals surface area contributed by atoms with Gasteiger partial charge in [-0.15, -0.1) is 0 Å². The van der Waals surface area contributed by atoms with Crippen molar-refractivity contribution in [2.75, 3.05) is 0 Å². The van der Waals surface area contributed by atoms with Crippen molar-refractivity contribution >= 4 is 34.0 Å². The van der Waals surface area contributed by atoms with Gasteiger partial charge in [-0.1, -0.05) is 17.7 Å². The largest absolute Gasteiger partial charge is 0.506 e. The van der Waals surface area contributed by atoms with Crippen LogP contribution in [0.2, 0.25) is 5.02 Å². The highest BCUT2D eigenvalue weighted by Gasteiger charge is 2.11. The first-order valence-electron chi connectivity index (χ1n) is 3.71. The fourth-order valence-corrected chi connectivity index (χ4v) is 1.80. The molecule has 0 saturated heterocycles. The van der Waals surface area contributed by atoms with E-state index in [1.54, 1.807) is 12.1 Å². The monoisotopic (exact) mass is 208 g/mol. The molecule has 2 rings (SSSR count). The van der Waals surface area contributed by atoms with Gasteiger partial charge in [-0.3, -0.25) is 0 Å². The lowest BCUT2D eigenvalue weighted by atomic mass is 10.1. The Morgan fingerprint density at radius 3 is 2.92 bits per heavy atom. The second kappa shape index (κ2) is 3.40. The van der Waals surface area contributed by atoms with Gasteiger partial charge in [0.15, 0.2) is 0 Å². The summed E-state index contributed by atoms with van der Waals surface area (Å²) in [7, 11) is 0. The topological polar surface area (TPSA) is 17.1 Å². The van der Waals surface area contributed by atoms with Gasteiger partial charge >= 0.3 is 16.6 Å². The van der Waals surface area contributed by atoms with E-state index in [4.69, 9.17) is 11.6 Å². The van der Waals surface area contributed by atoms with E-state index in [-0.39, 0.29) is 0 Å². The van der Waals surface area contributed by atoms with Gasteiger partial charge in [0.2, 0.25) is 0 Å². The van der Waals surface area contributed by atoms with Gasteiger partial charge in [0.1, 0.15) is 0 Å². The van der Waals surface area contributed by atoms with Crippen LogP contribution in [-0.4, -0.2) is 0 Å². The summed E-state index contributed by atoms with van der Waals surface area (Å²) in [5, 5.41) is 2.57. The Bertz CT molecular complexity index is 467. The fourth-order valence-electron chi connectivity index (χ4n) is 1.23. The van der Waals surface area contributed by atoms with E-state index in [1.165, 1.54) is 0 Å². The van der Waals surface area contributed by atoms with Gasteiger partial charge in [-0.05, 0) is 29.7 Å². The van der Waals surface area contributed by atoms with Crippen LogP contribution in [0.3, 0.4) is 0 Å². The molecule has 1 radical (unpaired) electrons. The first kappa shape index (κ1) is 8.60. The van der Waals surface area contributed by atoms with Crippen molar-refractivity contribution < 1.29 is 4.21 Å². The molecule has 0 aromatic heterocycles. The van der Waals surface area contributed by atoms with Crippen LogP contribution < -0.4 is 0 Å². The van der Waals surface area contributed by atoms with Crippen LogP contribution in [-0.2, 0) is 15.9 Å². The van der Waals surface area contributed by atoms with Crippen LogP contribution in [0.15, 0.2) is 35.2 Å². The molecule has 0 saturated carbocycles. The lowest BCUT2D eigenvalue weighted by Crippen LogP contribution is -1.78. The molecule has 0 N–H and O–H groups in total. The molecule has 2 aromatic rings. The SMILES string of the molecule is O=[S+]c1[c]ccc2cc(Cl)ccc12. The minimum atomic E-state index is 0.456. The maximum absolute atomic E-state index is 10.7. The predicted molar refractivity (Wildman–Crippen MR) is 54.1 cm³/mol. The highest BCUT2D eigenvalue weighted by molar-refractivity contribution is 7.65. The summed E-state index contributed by atoms with van der Waals surface area (Å²) in [5.41, 5.74) is 0. The van der Waals surface area contributed by atoms with Crippen LogP contribution >= 0.6 is 11.6 Å². The Kier molecular flexibility index (Phi) is 2.25. The van der Waals surface area contributed by atoms with E-state index >= 15 is 0 Å². The number of hydrogen-bond donors (Lipinski definition) is 0. The first-order valence-corrected chi connectivity index (χ1v) is 4.83. The molecular formula is C10H5ClOS+. The standard InChI is InChI=1S/C10H5ClOS/c11-8-4-5-9-7(6-8)2-1-3-10(9)13-12/h1-2,4-6H/q+1. The highest BCUT2D eigenvalue weighted by atomic mass is 35.5. The number of fused-ring (bicyclic) bond motifs is 1. The van der Waals surface area contributed by atoms with Crippen molar-refractivity contribution in [3.63, 3.8) is 0 Å². The van der Waals surface area contributed by atoms with Crippen molar-refractivity contribution in [1.82, 2.24) is 0 Å². The Hall–Kier alpha value is -0.990. The summed E-state index contributed by atoms with van der Waals surface area (Å²) in [6.45, 7) is 0. The smallest absolute Gasteiger partial charge is 0.0843 e. The molecule has 13 heavy (non-hydrogen) atoms. The lowest BCUT2D eigenvalue weighted by molar-refractivity contribution is 0.605. The predicted octanol–water partition coefficient (Wildman–Crippen LogP) is 3.08. The summed E-state index contributed by atoms with van der Waals surface area (Å²) in [5.74, 6) is 0. The fraction of sp³-hybridized carbons (Fsp3) is 0. The molecule has 0 aliphatic rings. The second-order valence-corrected chi connectivity index (χ2v) is 3.63. The zero-order valence-electron chi connectivity index (χ0n) is 6.58. The quantitative estimate of drug-likeness (QED) is 0.659. The van der Waals surface area contributed by atoms with Gasteiger partial charge in [0.25, 0.3) is 0 Å². The van der Waals surface area contributed by atoms with Crippen LogP contribution in [0.4, 0.5) is 0 Å². The molecule has 63 valence electrons. The third-order valence-corrected chi connectivity index (χ3v) is 2.56. The molecule has 0 aliphatic carbocycles. The summed E-state index contributed by atoms with van der Waals surface area (Å²) in [6, 6.07) is 12.0. The van der Waals surface area contributed by atoms with Crippen LogP contribution in [0, 0.1) is 6.07 Å². The zero-order chi connectivity index (χ0) is 9.26. The van der Waals surface area contributed by atoms with Gasteiger partial charge in [-0.25, -0.2) is 0 Å². The highest BCUT2D eigenvalue weighted by Crippen LogP contribution is 2.22. The second-order valence-electron chi connectivity index (χ2n) is 2.62. The van der Waals surface area contributed by atoms with Crippen molar-refractivity contribution in [3.8, 4) is 0 Å². The molecular weight excluding hydrogens is 204 g/mol. The van der Waals surface area contributed by atoms with Crippen molar-refractivity contribution in [3.05, 3.63) is 41.4 Å². The van der Waals surface area contributed by atoms with Crippen LogP contribution in [0.25, 0.3) is 10.8 Å². The average Bonchev–Trinajstić information content (AvgIpc) is 2.16. The zero-order valence-corrected chi connectivity index (χ0v) is 8.15. The molecule has 1 nitrogen and oxygen atoms in total. The van der Waals surface area contributed by atoms with Gasteiger partial charge in [0, 0.05) is 9.23 Å². The molecule has 0 spiro atoms. The molecule has 0 bridgehead atoms. The average molecular weight is 209 g/mol. The summed E-state index contributed by atoms with van der Waals surface area (Å²) in [4.78, 5) is 0.620. The minimum absolute atomic E-state index is 0.456. The third kappa shape index (κ3) is 1.55. The van der Waals surface area contributed by atoms with E-state index in [0.29, 0.717) is 21.6 Å². The Morgan fingerprint density at radius 2 is 2.15 bits per heavy atom. The number of rotatable bonds is 1. The van der Waals surface area contributed by atoms with E-state index in [9.17, 15) is 4.21 Å². The molecule has 0 unspecified atom stereocenters. The lowest BCUT2D eigenvalue weighted by Gasteiger charge is -1.94. The maximum Gasteiger partial charge on any atom is 0.506 e. The Labute approximate surface area is 84.8 Å². The first-order chi connectivity index (χ1) is 6.31. The molecule has 0 amide bonds. The van der Waals surface area contributed by atoms with E-state index in [0.717, 1.165) is 10.8 Å². The van der Waals surface area contributed by atoms with Gasteiger partial charge in [0.05, 0.1) is 11.5 Å². The minimum Gasteiger partial charge on any atom is -0.0843 e. The molecule has 3 heteroatoms. The Morgan fingerprint density at radius 1 is 1.31 bits per heavy atom. The van der Waals surface area contributed by atoms with Gasteiger partial charge < -0.3 is 0 Å². The summed E-state index contributed by atoms with van der Waals surface area (Å²) >= 11 is 6.27. The van der Waals surface area contributed by atoms with E-state index < -0.39 is 0 Å². The molecule has 0 atom stereocenters. The molecule has 0 fully saturated rings. The summed E-state index contributed by atoms with van der Waals surface area (Å²) < 4.78 is 10.7. The van der Waals surface area contributed by atoms with Crippen molar-refractivity contribution in [2.24, 2.45) is 0 Å². The van der Waals surface area contributed by atoms with Crippen molar-refractivity contribution in [2.45, 2.75) is 4.90 Å². The van der Waals surface area contributed by atoms with Gasteiger partial charge in [-0.2, -0.15) is 0 Å². The number of benzene rings is 2.